The quantitative estimate of drug-likeness (QED) is 0.431. The van der Waals surface area contributed by atoms with Crippen LogP contribution in [0.15, 0.2) is 24.3 Å². The van der Waals surface area contributed by atoms with Crippen LogP contribution in [0.25, 0.3) is 0 Å². The molecule has 0 aliphatic heterocycles. The summed E-state index contributed by atoms with van der Waals surface area (Å²) in [5.74, 6) is 0.730. The van der Waals surface area contributed by atoms with Gasteiger partial charge in [-0.05, 0) is 30.9 Å². The van der Waals surface area contributed by atoms with Crippen LogP contribution in [0.4, 0.5) is 5.69 Å². The van der Waals surface area contributed by atoms with Gasteiger partial charge >= 0.3 is 0 Å². The molecule has 0 heterocycles. The molecule has 0 saturated heterocycles. The highest BCUT2D eigenvalue weighted by Crippen LogP contribution is 2.17. The van der Waals surface area contributed by atoms with Crippen LogP contribution in [0.1, 0.15) is 24.8 Å². The first-order valence-electron chi connectivity index (χ1n) is 5.22. The van der Waals surface area contributed by atoms with E-state index < -0.39 is 0 Å². The number of halogens is 1. The summed E-state index contributed by atoms with van der Waals surface area (Å²) in [7, 11) is 0. The number of anilines is 1. The van der Waals surface area contributed by atoms with Crippen molar-refractivity contribution in [2.45, 2.75) is 25.7 Å². The van der Waals surface area contributed by atoms with Crippen LogP contribution in [0.2, 0.25) is 0 Å². The fourth-order valence-corrected chi connectivity index (χ4v) is 1.72. The minimum absolute atomic E-state index is 0.720. The molecular formula is C12H16ClNO. The number of carbonyl (C=O) groups excluding carboxylic acids is 1. The zero-order chi connectivity index (χ0) is 10.9. The van der Waals surface area contributed by atoms with E-state index in [2.05, 4.69) is 5.32 Å². The number of hydrogen-bond acceptors (Lipinski definition) is 1. The van der Waals surface area contributed by atoms with Crippen molar-refractivity contribution in [3.05, 3.63) is 29.8 Å². The number of rotatable bonds is 7. The van der Waals surface area contributed by atoms with Gasteiger partial charge in [-0.3, -0.25) is 4.79 Å². The molecule has 1 aromatic carbocycles. The Balaban J connectivity index is 2.47. The smallest absolute Gasteiger partial charge is 0.211 e. The average Bonchev–Trinajstić information content (AvgIpc) is 2.27. The number of aryl methyl sites for hydroxylation is 1. The first-order chi connectivity index (χ1) is 7.38. The Hall–Kier alpha value is -1.02. The SMILES string of the molecule is O=CNc1ccccc1CCCCCCl. The Morgan fingerprint density at radius 1 is 1.20 bits per heavy atom. The number of hydrogen-bond donors (Lipinski definition) is 1. The van der Waals surface area contributed by atoms with E-state index in [1.54, 1.807) is 0 Å². The molecule has 0 radical (unpaired) electrons. The highest BCUT2D eigenvalue weighted by atomic mass is 35.5. The number of nitrogens with one attached hydrogen (secondary N) is 1. The second-order valence-electron chi connectivity index (χ2n) is 3.42. The lowest BCUT2D eigenvalue weighted by Gasteiger charge is -2.07. The van der Waals surface area contributed by atoms with E-state index in [1.165, 1.54) is 5.56 Å². The molecule has 0 bridgehead atoms. The molecule has 0 saturated carbocycles. The number of alkyl halides is 1. The molecule has 1 rings (SSSR count). The third-order valence-corrected chi connectivity index (χ3v) is 2.58. The highest BCUT2D eigenvalue weighted by molar-refractivity contribution is 6.17. The van der Waals surface area contributed by atoms with E-state index in [4.69, 9.17) is 11.6 Å². The molecule has 1 amide bonds. The fourth-order valence-electron chi connectivity index (χ4n) is 1.53. The van der Waals surface area contributed by atoms with Gasteiger partial charge in [-0.1, -0.05) is 24.6 Å². The first kappa shape index (κ1) is 12.1. The second kappa shape index (κ2) is 7.30. The Morgan fingerprint density at radius 3 is 2.73 bits per heavy atom. The van der Waals surface area contributed by atoms with Crippen molar-refractivity contribution < 1.29 is 4.79 Å². The van der Waals surface area contributed by atoms with E-state index >= 15 is 0 Å². The molecule has 1 N–H and O–H groups in total. The van der Waals surface area contributed by atoms with E-state index in [-0.39, 0.29) is 0 Å². The minimum Gasteiger partial charge on any atom is -0.328 e. The van der Waals surface area contributed by atoms with Crippen LogP contribution in [0, 0.1) is 0 Å². The predicted molar refractivity (Wildman–Crippen MR) is 64.4 cm³/mol. The van der Waals surface area contributed by atoms with Gasteiger partial charge in [-0.25, -0.2) is 0 Å². The molecule has 0 aliphatic rings. The summed E-state index contributed by atoms with van der Waals surface area (Å²) in [6, 6.07) is 7.89. The van der Waals surface area contributed by atoms with Crippen molar-refractivity contribution in [1.29, 1.82) is 0 Å². The second-order valence-corrected chi connectivity index (χ2v) is 3.80. The molecule has 0 fully saturated rings. The van der Waals surface area contributed by atoms with E-state index in [0.29, 0.717) is 0 Å². The highest BCUT2D eigenvalue weighted by Gasteiger charge is 1.99. The minimum atomic E-state index is 0.720. The predicted octanol–water partition coefficient (Wildman–Crippen LogP) is 3.21. The first-order valence-corrected chi connectivity index (χ1v) is 5.76. The molecule has 0 aliphatic carbocycles. The van der Waals surface area contributed by atoms with Gasteiger partial charge in [0.05, 0.1) is 0 Å². The van der Waals surface area contributed by atoms with Crippen LogP contribution in [-0.2, 0) is 11.2 Å². The topological polar surface area (TPSA) is 29.1 Å². The van der Waals surface area contributed by atoms with Gasteiger partial charge in [0, 0.05) is 11.6 Å². The van der Waals surface area contributed by atoms with Gasteiger partial charge in [0.15, 0.2) is 0 Å². The van der Waals surface area contributed by atoms with E-state index in [1.807, 2.05) is 24.3 Å². The molecular weight excluding hydrogens is 210 g/mol. The largest absolute Gasteiger partial charge is 0.328 e. The summed E-state index contributed by atoms with van der Waals surface area (Å²) in [5.41, 5.74) is 2.11. The number of unbranched alkanes of at least 4 members (excludes halogenated alkanes) is 2. The Kier molecular flexibility index (Phi) is 5.86. The third-order valence-electron chi connectivity index (χ3n) is 2.31. The van der Waals surface area contributed by atoms with Crippen molar-refractivity contribution in [3.8, 4) is 0 Å². The maximum absolute atomic E-state index is 10.4. The van der Waals surface area contributed by atoms with E-state index in [9.17, 15) is 4.79 Å². The maximum Gasteiger partial charge on any atom is 0.211 e. The molecule has 3 heteroatoms. The molecule has 0 aromatic heterocycles. The third kappa shape index (κ3) is 4.34. The van der Waals surface area contributed by atoms with Gasteiger partial charge in [0.25, 0.3) is 0 Å². The lowest BCUT2D eigenvalue weighted by Crippen LogP contribution is -1.98. The summed E-state index contributed by atoms with van der Waals surface area (Å²) in [6.45, 7) is 0. The lowest BCUT2D eigenvalue weighted by molar-refractivity contribution is -0.105. The Morgan fingerprint density at radius 2 is 2.00 bits per heavy atom. The Labute approximate surface area is 95.6 Å². The number of amides is 1. The zero-order valence-electron chi connectivity index (χ0n) is 8.71. The molecule has 0 unspecified atom stereocenters. The van der Waals surface area contributed by atoms with Gasteiger partial charge in [-0.15, -0.1) is 11.6 Å². The number of carbonyl (C=O) groups is 1. The van der Waals surface area contributed by atoms with Crippen LogP contribution in [0.5, 0.6) is 0 Å². The molecule has 82 valence electrons. The summed E-state index contributed by atoms with van der Waals surface area (Å²) >= 11 is 5.61. The molecule has 0 atom stereocenters. The number of para-hydroxylation sites is 1. The molecule has 1 aromatic rings. The maximum atomic E-state index is 10.4. The summed E-state index contributed by atoms with van der Waals surface area (Å²) < 4.78 is 0. The van der Waals surface area contributed by atoms with Crippen LogP contribution >= 0.6 is 11.6 Å². The zero-order valence-corrected chi connectivity index (χ0v) is 9.46. The van der Waals surface area contributed by atoms with Gasteiger partial charge < -0.3 is 5.32 Å². The Bertz CT molecular complexity index is 301. The van der Waals surface area contributed by atoms with Crippen molar-refractivity contribution in [3.63, 3.8) is 0 Å². The van der Waals surface area contributed by atoms with Crippen molar-refractivity contribution in [1.82, 2.24) is 0 Å². The molecule has 0 spiro atoms. The standard InChI is InChI=1S/C12H16ClNO/c13-9-5-1-2-6-11-7-3-4-8-12(11)14-10-15/h3-4,7-8,10H,1-2,5-6,9H2,(H,14,15). The lowest BCUT2D eigenvalue weighted by atomic mass is 10.1. The van der Waals surface area contributed by atoms with Crippen LogP contribution in [-0.4, -0.2) is 12.3 Å². The number of benzene rings is 1. The summed E-state index contributed by atoms with van der Waals surface area (Å²) in [5, 5.41) is 2.71. The van der Waals surface area contributed by atoms with Crippen molar-refractivity contribution in [2.75, 3.05) is 11.2 Å². The summed E-state index contributed by atoms with van der Waals surface area (Å²) in [6.07, 6.45) is 5.03. The summed E-state index contributed by atoms with van der Waals surface area (Å²) in [4.78, 5) is 10.4. The molecule has 2 nitrogen and oxygen atoms in total. The van der Waals surface area contributed by atoms with Gasteiger partial charge in [0.1, 0.15) is 0 Å². The monoisotopic (exact) mass is 225 g/mol. The van der Waals surface area contributed by atoms with E-state index in [0.717, 1.165) is 43.7 Å². The van der Waals surface area contributed by atoms with Crippen molar-refractivity contribution in [2.24, 2.45) is 0 Å². The van der Waals surface area contributed by atoms with Crippen LogP contribution < -0.4 is 5.32 Å². The average molecular weight is 226 g/mol. The van der Waals surface area contributed by atoms with Crippen molar-refractivity contribution >= 4 is 23.7 Å². The van der Waals surface area contributed by atoms with Crippen LogP contribution in [0.3, 0.4) is 0 Å². The fraction of sp³-hybridized carbons (Fsp3) is 0.417. The molecule has 15 heavy (non-hydrogen) atoms. The normalized spacial score (nSPS) is 9.93. The van der Waals surface area contributed by atoms with Gasteiger partial charge in [0.2, 0.25) is 6.41 Å². The van der Waals surface area contributed by atoms with Gasteiger partial charge in [-0.2, -0.15) is 0 Å².